The first-order chi connectivity index (χ1) is 8.63. The second-order valence-corrected chi connectivity index (χ2v) is 6.67. The standard InChI is InChI=1S/C12H20N2O3S/c1-13-7-3-9-18(15,16)14(11-5-6-11)10-12-4-2-8-17-12/h2,4,8,11,13H,3,5-7,9-10H2,1H3. The van der Waals surface area contributed by atoms with E-state index >= 15 is 0 Å². The fraction of sp³-hybridized carbons (Fsp3) is 0.667. The maximum absolute atomic E-state index is 12.3. The van der Waals surface area contributed by atoms with Gasteiger partial charge in [0.15, 0.2) is 0 Å². The monoisotopic (exact) mass is 272 g/mol. The van der Waals surface area contributed by atoms with Gasteiger partial charge in [-0.25, -0.2) is 8.42 Å². The normalized spacial score (nSPS) is 16.3. The Balaban J connectivity index is 2.00. The van der Waals surface area contributed by atoms with Crippen molar-refractivity contribution < 1.29 is 12.8 Å². The minimum atomic E-state index is -3.17. The van der Waals surface area contributed by atoms with E-state index in [9.17, 15) is 8.42 Å². The van der Waals surface area contributed by atoms with Crippen molar-refractivity contribution in [2.24, 2.45) is 0 Å². The molecule has 0 bridgehead atoms. The average Bonchev–Trinajstić information content (AvgIpc) is 3.03. The summed E-state index contributed by atoms with van der Waals surface area (Å²) in [6, 6.07) is 3.78. The summed E-state index contributed by atoms with van der Waals surface area (Å²) < 4.78 is 31.4. The highest BCUT2D eigenvalue weighted by atomic mass is 32.2. The molecule has 1 aliphatic rings. The molecule has 5 nitrogen and oxygen atoms in total. The Kier molecular flexibility index (Phi) is 4.42. The smallest absolute Gasteiger partial charge is 0.214 e. The number of nitrogens with zero attached hydrogens (tertiary/aromatic N) is 1. The van der Waals surface area contributed by atoms with Crippen LogP contribution in [-0.4, -0.2) is 38.1 Å². The molecule has 6 heteroatoms. The predicted molar refractivity (Wildman–Crippen MR) is 69.6 cm³/mol. The van der Waals surface area contributed by atoms with Gasteiger partial charge in [-0.05, 0) is 45.0 Å². The topological polar surface area (TPSA) is 62.6 Å². The van der Waals surface area contributed by atoms with Crippen LogP contribution in [0.3, 0.4) is 0 Å². The number of hydrogen-bond acceptors (Lipinski definition) is 4. The Bertz CT molecular complexity index is 452. The third-order valence-electron chi connectivity index (χ3n) is 3.03. The molecule has 0 amide bonds. The van der Waals surface area contributed by atoms with Crippen molar-refractivity contribution >= 4 is 10.0 Å². The minimum Gasteiger partial charge on any atom is -0.468 e. The zero-order valence-electron chi connectivity index (χ0n) is 10.6. The second-order valence-electron chi connectivity index (χ2n) is 4.63. The number of nitrogens with one attached hydrogen (secondary N) is 1. The Morgan fingerprint density at radius 1 is 1.50 bits per heavy atom. The highest BCUT2D eigenvalue weighted by Gasteiger charge is 2.37. The number of hydrogen-bond donors (Lipinski definition) is 1. The quantitative estimate of drug-likeness (QED) is 0.722. The summed E-state index contributed by atoms with van der Waals surface area (Å²) in [5, 5.41) is 2.97. The van der Waals surface area contributed by atoms with Crippen LogP contribution in [0.2, 0.25) is 0 Å². The van der Waals surface area contributed by atoms with Crippen LogP contribution in [0.25, 0.3) is 0 Å². The largest absolute Gasteiger partial charge is 0.468 e. The van der Waals surface area contributed by atoms with Crippen molar-refractivity contribution in [1.82, 2.24) is 9.62 Å². The van der Waals surface area contributed by atoms with Gasteiger partial charge in [-0.2, -0.15) is 4.31 Å². The molecule has 1 aromatic heterocycles. The van der Waals surface area contributed by atoms with Crippen molar-refractivity contribution in [1.29, 1.82) is 0 Å². The fourth-order valence-electron chi connectivity index (χ4n) is 1.92. The minimum absolute atomic E-state index is 0.176. The summed E-state index contributed by atoms with van der Waals surface area (Å²) in [7, 11) is -1.35. The first-order valence-electron chi connectivity index (χ1n) is 6.30. The van der Waals surface area contributed by atoms with Crippen LogP contribution in [0.4, 0.5) is 0 Å². The summed E-state index contributed by atoms with van der Waals surface area (Å²) in [6.07, 6.45) is 4.15. The lowest BCUT2D eigenvalue weighted by atomic mass is 10.4. The first kappa shape index (κ1) is 13.6. The fourth-order valence-corrected chi connectivity index (χ4v) is 3.65. The van der Waals surface area contributed by atoms with E-state index in [1.54, 1.807) is 16.6 Å². The molecule has 102 valence electrons. The van der Waals surface area contributed by atoms with Crippen LogP contribution in [0.15, 0.2) is 22.8 Å². The van der Waals surface area contributed by atoms with Gasteiger partial charge in [0.1, 0.15) is 5.76 Å². The molecule has 0 aliphatic heterocycles. The van der Waals surface area contributed by atoms with Crippen LogP contribution >= 0.6 is 0 Å². The molecule has 0 aromatic carbocycles. The van der Waals surface area contributed by atoms with Crippen LogP contribution in [0.5, 0.6) is 0 Å². The van der Waals surface area contributed by atoms with Crippen LogP contribution in [0.1, 0.15) is 25.0 Å². The van der Waals surface area contributed by atoms with Gasteiger partial charge in [0, 0.05) is 6.04 Å². The first-order valence-corrected chi connectivity index (χ1v) is 7.91. The van der Waals surface area contributed by atoms with E-state index in [1.165, 1.54) is 0 Å². The predicted octanol–water partition coefficient (Wildman–Crippen LogP) is 1.18. The van der Waals surface area contributed by atoms with Gasteiger partial charge in [0.2, 0.25) is 10.0 Å². The van der Waals surface area contributed by atoms with E-state index < -0.39 is 10.0 Å². The molecule has 0 unspecified atom stereocenters. The van der Waals surface area contributed by atoms with Crippen molar-refractivity contribution in [2.75, 3.05) is 19.3 Å². The molecule has 1 aliphatic carbocycles. The molecule has 1 fully saturated rings. The van der Waals surface area contributed by atoms with Gasteiger partial charge in [0.05, 0.1) is 18.6 Å². The third-order valence-corrected chi connectivity index (χ3v) is 4.98. The molecular weight excluding hydrogens is 252 g/mol. The van der Waals surface area contributed by atoms with Crippen molar-refractivity contribution in [3.8, 4) is 0 Å². The van der Waals surface area contributed by atoms with Crippen LogP contribution in [0, 0.1) is 0 Å². The average molecular weight is 272 g/mol. The summed E-state index contributed by atoms with van der Waals surface area (Å²) in [4.78, 5) is 0. The maximum Gasteiger partial charge on any atom is 0.214 e. The highest BCUT2D eigenvalue weighted by molar-refractivity contribution is 7.89. The lowest BCUT2D eigenvalue weighted by Crippen LogP contribution is -2.35. The van der Waals surface area contributed by atoms with E-state index in [0.717, 1.165) is 19.4 Å². The molecule has 0 atom stereocenters. The van der Waals surface area contributed by atoms with Crippen molar-refractivity contribution in [2.45, 2.75) is 31.8 Å². The molecule has 0 saturated heterocycles. The van der Waals surface area contributed by atoms with E-state index in [0.29, 0.717) is 18.7 Å². The molecule has 1 saturated carbocycles. The Hall–Kier alpha value is -0.850. The summed E-state index contributed by atoms with van der Waals surface area (Å²) in [6.45, 7) is 1.08. The van der Waals surface area contributed by atoms with Crippen LogP contribution in [-0.2, 0) is 16.6 Å². The molecular formula is C12H20N2O3S. The van der Waals surface area contributed by atoms with Gasteiger partial charge < -0.3 is 9.73 Å². The molecule has 1 aromatic rings. The molecule has 2 rings (SSSR count). The van der Waals surface area contributed by atoms with Gasteiger partial charge >= 0.3 is 0 Å². The van der Waals surface area contributed by atoms with Gasteiger partial charge in [-0.15, -0.1) is 0 Å². The zero-order valence-corrected chi connectivity index (χ0v) is 11.4. The summed E-state index contributed by atoms with van der Waals surface area (Å²) in [5.41, 5.74) is 0. The van der Waals surface area contributed by atoms with Gasteiger partial charge in [0.25, 0.3) is 0 Å². The van der Waals surface area contributed by atoms with E-state index in [1.807, 2.05) is 13.1 Å². The zero-order chi connectivity index (χ0) is 13.0. The van der Waals surface area contributed by atoms with E-state index in [-0.39, 0.29) is 11.8 Å². The molecule has 1 N–H and O–H groups in total. The van der Waals surface area contributed by atoms with E-state index in [4.69, 9.17) is 4.42 Å². The third kappa shape index (κ3) is 3.57. The summed E-state index contributed by atoms with van der Waals surface area (Å²) in [5.74, 6) is 0.907. The lowest BCUT2D eigenvalue weighted by molar-refractivity contribution is 0.356. The number of rotatable bonds is 8. The number of furan rings is 1. The molecule has 18 heavy (non-hydrogen) atoms. The Labute approximate surface area is 108 Å². The SMILES string of the molecule is CNCCCS(=O)(=O)N(Cc1ccco1)C1CC1. The van der Waals surface area contributed by atoms with Gasteiger partial charge in [-0.1, -0.05) is 0 Å². The Morgan fingerprint density at radius 2 is 2.28 bits per heavy atom. The van der Waals surface area contributed by atoms with E-state index in [2.05, 4.69) is 5.32 Å². The van der Waals surface area contributed by atoms with Crippen molar-refractivity contribution in [3.63, 3.8) is 0 Å². The molecule has 1 heterocycles. The lowest BCUT2D eigenvalue weighted by Gasteiger charge is -2.20. The summed E-state index contributed by atoms with van der Waals surface area (Å²) >= 11 is 0. The Morgan fingerprint density at radius 3 is 2.83 bits per heavy atom. The second kappa shape index (κ2) is 5.86. The van der Waals surface area contributed by atoms with Crippen LogP contribution < -0.4 is 5.32 Å². The molecule has 0 spiro atoms. The highest BCUT2D eigenvalue weighted by Crippen LogP contribution is 2.31. The maximum atomic E-state index is 12.3. The molecule has 0 radical (unpaired) electrons. The van der Waals surface area contributed by atoms with Crippen molar-refractivity contribution in [3.05, 3.63) is 24.2 Å². The van der Waals surface area contributed by atoms with Gasteiger partial charge in [-0.3, -0.25) is 0 Å². The number of sulfonamides is 1.